The first-order valence-corrected chi connectivity index (χ1v) is 22.3. The lowest BCUT2D eigenvalue weighted by Gasteiger charge is -2.13. The Morgan fingerprint density at radius 2 is 0.864 bits per heavy atom. The molecule has 3 aromatic heterocycles. The van der Waals surface area contributed by atoms with Crippen molar-refractivity contribution in [1.82, 2.24) is 19.5 Å². The highest BCUT2D eigenvalue weighted by molar-refractivity contribution is 6.25. The van der Waals surface area contributed by atoms with Crippen LogP contribution in [0.2, 0.25) is 0 Å². The number of aromatic nitrogens is 4. The fraction of sp³-hybridized carbons (Fsp3) is 0. The van der Waals surface area contributed by atoms with Gasteiger partial charge >= 0.3 is 0 Å². The number of fused-ring (bicyclic) bond motifs is 12. The van der Waals surface area contributed by atoms with Gasteiger partial charge in [0.1, 0.15) is 11.2 Å². The van der Waals surface area contributed by atoms with E-state index in [1.807, 2.05) is 6.07 Å². The smallest absolute Gasteiger partial charge is 0.167 e. The lowest BCUT2D eigenvalue weighted by Crippen LogP contribution is -2.01. The lowest BCUT2D eigenvalue weighted by atomic mass is 10.0. The Morgan fingerprint density at radius 3 is 1.65 bits per heavy atom. The minimum Gasteiger partial charge on any atom is -0.455 e. The highest BCUT2D eigenvalue weighted by Crippen LogP contribution is 2.45. The van der Waals surface area contributed by atoms with E-state index in [9.17, 15) is 0 Å². The van der Waals surface area contributed by atoms with Crippen LogP contribution in [0.25, 0.3) is 138 Å². The molecule has 0 aliphatic carbocycles. The Hall–Kier alpha value is -8.93. The van der Waals surface area contributed by atoms with Crippen molar-refractivity contribution in [3.05, 3.63) is 218 Å². The van der Waals surface area contributed by atoms with Crippen molar-refractivity contribution < 1.29 is 4.42 Å². The average molecular weight is 841 g/mol. The summed E-state index contributed by atoms with van der Waals surface area (Å²) in [6.45, 7) is 0. The largest absolute Gasteiger partial charge is 0.455 e. The van der Waals surface area contributed by atoms with Crippen LogP contribution in [-0.2, 0) is 0 Å². The van der Waals surface area contributed by atoms with E-state index in [1.165, 1.54) is 32.3 Å². The van der Waals surface area contributed by atoms with Crippen LogP contribution in [0.15, 0.2) is 223 Å². The molecule has 0 spiro atoms. The van der Waals surface area contributed by atoms with E-state index in [0.29, 0.717) is 17.5 Å². The molecule has 0 amide bonds. The topological polar surface area (TPSA) is 56.7 Å². The minimum absolute atomic E-state index is 0.536. The summed E-state index contributed by atoms with van der Waals surface area (Å²) in [5.74, 6) is 1.71. The van der Waals surface area contributed by atoms with Gasteiger partial charge in [0, 0.05) is 32.7 Å². The van der Waals surface area contributed by atoms with Crippen molar-refractivity contribution in [3.63, 3.8) is 0 Å². The predicted molar refractivity (Wildman–Crippen MR) is 273 cm³/mol. The van der Waals surface area contributed by atoms with Gasteiger partial charge in [-0.15, -0.1) is 0 Å². The first kappa shape index (κ1) is 36.5. The van der Waals surface area contributed by atoms with Crippen molar-refractivity contribution in [2.24, 2.45) is 0 Å². The Morgan fingerprint density at radius 1 is 0.303 bits per heavy atom. The summed E-state index contributed by atoms with van der Waals surface area (Å²) < 4.78 is 9.69. The molecule has 0 aliphatic rings. The Kier molecular flexibility index (Phi) is 7.91. The van der Waals surface area contributed by atoms with Crippen LogP contribution in [0.5, 0.6) is 0 Å². The molecule has 11 aromatic carbocycles. The first-order valence-electron chi connectivity index (χ1n) is 22.3. The third-order valence-corrected chi connectivity index (χ3v) is 13.4. The predicted octanol–water partition coefficient (Wildman–Crippen LogP) is 16.1. The zero-order chi connectivity index (χ0) is 43.3. The van der Waals surface area contributed by atoms with E-state index in [1.54, 1.807) is 0 Å². The van der Waals surface area contributed by atoms with Gasteiger partial charge in [0.15, 0.2) is 17.5 Å². The fourth-order valence-corrected chi connectivity index (χ4v) is 10.2. The second-order valence-corrected chi connectivity index (χ2v) is 17.1. The van der Waals surface area contributed by atoms with Gasteiger partial charge < -0.3 is 8.98 Å². The molecule has 0 saturated carbocycles. The summed E-state index contributed by atoms with van der Waals surface area (Å²) in [5, 5.41) is 13.7. The molecular formula is C61H36N4O. The van der Waals surface area contributed by atoms with Crippen molar-refractivity contribution >= 4 is 86.8 Å². The molecule has 0 bridgehead atoms. The maximum atomic E-state index is 7.25. The second kappa shape index (κ2) is 14.3. The van der Waals surface area contributed by atoms with Gasteiger partial charge in [0.25, 0.3) is 0 Å². The van der Waals surface area contributed by atoms with Crippen molar-refractivity contribution in [3.8, 4) is 51.0 Å². The summed E-state index contributed by atoms with van der Waals surface area (Å²) in [5.41, 5.74) is 9.70. The third-order valence-electron chi connectivity index (χ3n) is 13.4. The number of benzene rings is 11. The lowest BCUT2D eigenvalue weighted by molar-refractivity contribution is 0.673. The van der Waals surface area contributed by atoms with Crippen LogP contribution in [0.3, 0.4) is 0 Å². The molecule has 0 N–H and O–H groups in total. The van der Waals surface area contributed by atoms with E-state index in [-0.39, 0.29) is 0 Å². The fourth-order valence-electron chi connectivity index (χ4n) is 10.2. The summed E-state index contributed by atoms with van der Waals surface area (Å²) in [4.78, 5) is 15.8. The molecule has 14 aromatic rings. The molecule has 66 heavy (non-hydrogen) atoms. The van der Waals surface area contributed by atoms with Crippen LogP contribution in [0.1, 0.15) is 0 Å². The summed E-state index contributed by atoms with van der Waals surface area (Å²) in [7, 11) is 0. The second-order valence-electron chi connectivity index (χ2n) is 17.1. The summed E-state index contributed by atoms with van der Waals surface area (Å²) in [6.07, 6.45) is 0. The van der Waals surface area contributed by atoms with Crippen LogP contribution < -0.4 is 0 Å². The standard InChI is InChI=1S/C61H36N4O/c1-2-12-37(13-3-1)39-22-25-42(26-23-39)59-62-60(46-27-24-38-14-4-5-17-43(38)34-46)64-61(63-59)50-31-33-53(56-49-30-28-41-16-9-11-21-48(41)57(49)66-58(50)56)65-52-32-29-40-15-8-10-20-47(40)55(52)51-35-44-18-6-7-19-45(44)36-54(51)65/h1-36H. The van der Waals surface area contributed by atoms with E-state index >= 15 is 0 Å². The molecule has 0 atom stereocenters. The molecular weight excluding hydrogens is 805 g/mol. The van der Waals surface area contributed by atoms with Crippen LogP contribution in [0.4, 0.5) is 0 Å². The number of rotatable bonds is 5. The first-order chi connectivity index (χ1) is 32.7. The van der Waals surface area contributed by atoms with Crippen molar-refractivity contribution in [1.29, 1.82) is 0 Å². The number of hydrogen-bond donors (Lipinski definition) is 0. The molecule has 0 unspecified atom stereocenters. The highest BCUT2D eigenvalue weighted by Gasteiger charge is 2.25. The number of furan rings is 1. The Bertz CT molecular complexity index is 4280. The monoisotopic (exact) mass is 840 g/mol. The number of hydrogen-bond acceptors (Lipinski definition) is 4. The Labute approximate surface area is 378 Å². The van der Waals surface area contributed by atoms with Crippen LogP contribution >= 0.6 is 0 Å². The van der Waals surface area contributed by atoms with E-state index < -0.39 is 0 Å². The zero-order valence-electron chi connectivity index (χ0n) is 35.5. The van der Waals surface area contributed by atoms with Gasteiger partial charge in [-0.1, -0.05) is 176 Å². The maximum absolute atomic E-state index is 7.25. The van der Waals surface area contributed by atoms with Gasteiger partial charge in [-0.05, 0) is 91.3 Å². The summed E-state index contributed by atoms with van der Waals surface area (Å²) >= 11 is 0. The maximum Gasteiger partial charge on any atom is 0.167 e. The number of nitrogens with zero attached hydrogens (tertiary/aromatic N) is 4. The Balaban J connectivity index is 1.07. The van der Waals surface area contributed by atoms with Gasteiger partial charge in [-0.2, -0.15) is 0 Å². The van der Waals surface area contributed by atoms with Crippen LogP contribution in [-0.4, -0.2) is 19.5 Å². The van der Waals surface area contributed by atoms with E-state index in [0.717, 1.165) is 88.0 Å². The van der Waals surface area contributed by atoms with Gasteiger partial charge in [-0.25, -0.2) is 15.0 Å². The van der Waals surface area contributed by atoms with Gasteiger partial charge in [0.2, 0.25) is 0 Å². The molecule has 5 nitrogen and oxygen atoms in total. The third kappa shape index (κ3) is 5.63. The quantitative estimate of drug-likeness (QED) is 0.173. The van der Waals surface area contributed by atoms with Crippen LogP contribution in [0, 0.1) is 0 Å². The highest BCUT2D eigenvalue weighted by atomic mass is 16.3. The molecule has 14 rings (SSSR count). The van der Waals surface area contributed by atoms with Crippen molar-refractivity contribution in [2.75, 3.05) is 0 Å². The minimum atomic E-state index is 0.536. The molecule has 0 aliphatic heterocycles. The molecule has 306 valence electrons. The summed E-state index contributed by atoms with van der Waals surface area (Å²) in [6, 6.07) is 77.5. The molecule has 0 radical (unpaired) electrons. The van der Waals surface area contributed by atoms with Gasteiger partial charge in [0.05, 0.1) is 27.7 Å². The molecule has 3 heterocycles. The zero-order valence-corrected chi connectivity index (χ0v) is 35.5. The SMILES string of the molecule is c1ccc(-c2ccc(-c3nc(-c4ccc5ccccc5c4)nc(-c4ccc(-n5c6cc7ccccc7cc6c6c7ccccc7ccc65)c5c4oc4c6ccccc6ccc45)n3)cc2)cc1. The molecule has 0 saturated heterocycles. The molecule has 0 fully saturated rings. The van der Waals surface area contributed by atoms with E-state index in [4.69, 9.17) is 19.4 Å². The van der Waals surface area contributed by atoms with Crippen molar-refractivity contribution in [2.45, 2.75) is 0 Å². The normalized spacial score (nSPS) is 11.9. The average Bonchev–Trinajstić information content (AvgIpc) is 3.94. The molecule has 5 heteroatoms. The van der Waals surface area contributed by atoms with E-state index in [2.05, 4.69) is 217 Å². The van der Waals surface area contributed by atoms with Gasteiger partial charge in [-0.3, -0.25) is 0 Å².